The number of benzene rings is 1. The van der Waals surface area contributed by atoms with Crippen molar-refractivity contribution in [3.8, 4) is 17.1 Å². The van der Waals surface area contributed by atoms with Gasteiger partial charge in [0.2, 0.25) is 5.88 Å². The lowest BCUT2D eigenvalue weighted by Crippen LogP contribution is -2.33. The van der Waals surface area contributed by atoms with E-state index in [0.717, 1.165) is 5.56 Å². The van der Waals surface area contributed by atoms with Gasteiger partial charge in [0, 0.05) is 40.8 Å². The number of nitrogens with zero attached hydrogens (tertiary/aromatic N) is 7. The second-order valence-electron chi connectivity index (χ2n) is 13.3. The van der Waals surface area contributed by atoms with E-state index in [2.05, 4.69) is 20.6 Å². The summed E-state index contributed by atoms with van der Waals surface area (Å²) < 4.78 is 53.0. The average Bonchev–Trinajstić information content (AvgIpc) is 3.42. The lowest BCUT2D eigenvalue weighted by atomic mass is 10.1. The highest BCUT2D eigenvalue weighted by Gasteiger charge is 2.62. The summed E-state index contributed by atoms with van der Waals surface area (Å²) in [5, 5.41) is 11.3. The molecule has 15 nitrogen and oxygen atoms in total. The lowest BCUT2D eigenvalue weighted by Gasteiger charge is -2.17. The van der Waals surface area contributed by atoms with Crippen LogP contribution >= 0.6 is 0 Å². The molecule has 0 unspecified atom stereocenters. The summed E-state index contributed by atoms with van der Waals surface area (Å²) in [7, 11) is 2.71. The van der Waals surface area contributed by atoms with Gasteiger partial charge in [-0.05, 0) is 61.4 Å². The van der Waals surface area contributed by atoms with Crippen molar-refractivity contribution >= 4 is 45.8 Å². The van der Waals surface area contributed by atoms with Crippen LogP contribution in [0.2, 0.25) is 0 Å². The molecule has 6 aromatic rings. The standard InChI is InChI=1S/C38H39N9O6/c1-22-19-38(22,35(48)53-21-23-9-6-5-7-10-23)47-33-26(32(44-47)27-11-8-16-39-34(27)51-3)14-15-30(43-33)42-31-18-28-29(20-40-31)45(2)37(50)46(28)25-13-12-24(17-25)41-36(49)52-4/h5-11,14-16,18,20,22,24-25H,12-13,17,19,21H2,1-4H3,(H,41,49)(H,40,42,43)/t22-,24+,25+,38-/m0/s1/i2D3,24D. The fourth-order valence-corrected chi connectivity index (χ4v) is 7.23. The predicted molar refractivity (Wildman–Crippen MR) is 196 cm³/mol. The van der Waals surface area contributed by atoms with Crippen LogP contribution in [0.25, 0.3) is 33.3 Å². The second kappa shape index (κ2) is 13.4. The van der Waals surface area contributed by atoms with Crippen LogP contribution in [0.3, 0.4) is 0 Å². The Labute approximate surface area is 309 Å². The number of ether oxygens (including phenoxy) is 3. The third kappa shape index (κ3) is 5.91. The van der Waals surface area contributed by atoms with Gasteiger partial charge in [0.25, 0.3) is 0 Å². The number of rotatable bonds is 10. The number of hydrogen-bond donors (Lipinski definition) is 2. The molecular formula is C38H39N9O6. The quantitative estimate of drug-likeness (QED) is 0.178. The van der Waals surface area contributed by atoms with Crippen molar-refractivity contribution in [2.24, 2.45) is 12.9 Å². The van der Waals surface area contributed by atoms with Crippen LogP contribution in [0.5, 0.6) is 5.88 Å². The Morgan fingerprint density at radius 1 is 1.06 bits per heavy atom. The molecule has 2 fully saturated rings. The molecule has 2 saturated carbocycles. The zero-order chi connectivity index (χ0) is 40.3. The van der Waals surface area contributed by atoms with E-state index in [1.807, 2.05) is 49.4 Å². The minimum Gasteiger partial charge on any atom is -0.481 e. The Morgan fingerprint density at radius 3 is 2.64 bits per heavy atom. The van der Waals surface area contributed by atoms with Crippen molar-refractivity contribution in [1.29, 1.82) is 0 Å². The number of anilines is 2. The minimum absolute atomic E-state index is 0.0351. The maximum Gasteiger partial charge on any atom is 0.407 e. The average molecular weight is 722 g/mol. The van der Waals surface area contributed by atoms with E-state index in [9.17, 15) is 14.4 Å². The van der Waals surface area contributed by atoms with Crippen LogP contribution in [0, 0.1) is 5.92 Å². The summed E-state index contributed by atoms with van der Waals surface area (Å²) in [6.07, 6.45) is 3.16. The fourth-order valence-electron chi connectivity index (χ4n) is 7.23. The predicted octanol–water partition coefficient (Wildman–Crippen LogP) is 5.22. The van der Waals surface area contributed by atoms with Crippen LogP contribution < -0.4 is 21.1 Å². The number of aromatic nitrogens is 7. The number of amides is 1. The molecule has 0 radical (unpaired) electrons. The van der Waals surface area contributed by atoms with Gasteiger partial charge < -0.3 is 24.8 Å². The summed E-state index contributed by atoms with van der Waals surface area (Å²) >= 11 is 0. The maximum absolute atomic E-state index is 14.0. The number of carbonyl (C=O) groups excluding carboxylic acids is 2. The number of imidazole rings is 1. The van der Waals surface area contributed by atoms with Crippen molar-refractivity contribution in [2.45, 2.75) is 56.8 Å². The zero-order valence-corrected chi connectivity index (χ0v) is 29.2. The van der Waals surface area contributed by atoms with Gasteiger partial charge >= 0.3 is 17.8 Å². The molecule has 0 spiro atoms. The number of pyridine rings is 3. The monoisotopic (exact) mass is 721 g/mol. The number of nitrogens with one attached hydrogen (secondary N) is 2. The second-order valence-corrected chi connectivity index (χ2v) is 13.3. The normalized spacial score (nSPS) is 23.5. The van der Waals surface area contributed by atoms with E-state index in [0.29, 0.717) is 51.4 Å². The van der Waals surface area contributed by atoms with Gasteiger partial charge in [-0.2, -0.15) is 5.10 Å². The van der Waals surface area contributed by atoms with Crippen molar-refractivity contribution in [3.05, 3.63) is 89.1 Å². The van der Waals surface area contributed by atoms with Gasteiger partial charge in [-0.3, -0.25) is 9.13 Å². The third-order valence-electron chi connectivity index (χ3n) is 10.1. The van der Waals surface area contributed by atoms with E-state index in [1.54, 1.807) is 29.1 Å². The van der Waals surface area contributed by atoms with Gasteiger partial charge in [-0.25, -0.2) is 34.0 Å². The first kappa shape index (κ1) is 29.3. The summed E-state index contributed by atoms with van der Waals surface area (Å²) in [6.45, 7) is -0.782. The topological polar surface area (TPSA) is 169 Å². The smallest absolute Gasteiger partial charge is 0.407 e. The molecular weight excluding hydrogens is 678 g/mol. The van der Waals surface area contributed by atoms with E-state index in [1.165, 1.54) is 25.0 Å². The molecule has 0 bridgehead atoms. The molecule has 15 heteroatoms. The van der Waals surface area contributed by atoms with E-state index in [4.69, 9.17) is 29.8 Å². The molecule has 53 heavy (non-hydrogen) atoms. The Morgan fingerprint density at radius 2 is 1.89 bits per heavy atom. The molecule has 0 saturated heterocycles. The molecule has 1 aromatic carbocycles. The summed E-state index contributed by atoms with van der Waals surface area (Å²) in [6, 6.07) is 16.0. The third-order valence-corrected chi connectivity index (χ3v) is 10.1. The number of aryl methyl sites for hydroxylation is 1. The van der Waals surface area contributed by atoms with E-state index < -0.39 is 42.3 Å². The number of hydrogen-bond acceptors (Lipinski definition) is 11. The molecule has 8 rings (SSSR count). The van der Waals surface area contributed by atoms with Crippen LogP contribution in [-0.2, 0) is 33.4 Å². The minimum atomic E-state index is -2.82. The number of alkyl carbamates (subject to hydrolysis) is 1. The summed E-state index contributed by atoms with van der Waals surface area (Å²) in [5.74, 6) is 0.330. The Kier molecular flexibility index (Phi) is 7.41. The molecule has 2 aliphatic carbocycles. The highest BCUT2D eigenvalue weighted by molar-refractivity contribution is 5.95. The number of carbonyl (C=O) groups is 2. The largest absolute Gasteiger partial charge is 0.481 e. The van der Waals surface area contributed by atoms with Gasteiger partial charge in [0.15, 0.2) is 11.2 Å². The number of esters is 1. The molecule has 2 aliphatic rings. The van der Waals surface area contributed by atoms with E-state index in [-0.39, 0.29) is 42.2 Å². The van der Waals surface area contributed by atoms with E-state index >= 15 is 0 Å². The first-order valence-electron chi connectivity index (χ1n) is 19.1. The Bertz CT molecular complexity index is 2590. The van der Waals surface area contributed by atoms with Crippen molar-refractivity contribution in [2.75, 3.05) is 19.5 Å². The van der Waals surface area contributed by atoms with Gasteiger partial charge in [-0.1, -0.05) is 37.3 Å². The van der Waals surface area contributed by atoms with Gasteiger partial charge in [-0.15, -0.1) is 0 Å². The van der Waals surface area contributed by atoms with Crippen molar-refractivity contribution in [1.82, 2.24) is 39.2 Å². The molecule has 272 valence electrons. The van der Waals surface area contributed by atoms with Crippen LogP contribution in [0.4, 0.5) is 16.4 Å². The molecule has 5 heterocycles. The molecule has 4 atom stereocenters. The Hall–Kier alpha value is -6.25. The zero-order valence-electron chi connectivity index (χ0n) is 33.2. The number of methoxy groups -OCH3 is 2. The molecule has 0 aliphatic heterocycles. The Balaban J connectivity index is 1.20. The number of fused-ring (bicyclic) bond motifs is 2. The highest BCUT2D eigenvalue weighted by atomic mass is 16.5. The van der Waals surface area contributed by atoms with Crippen LogP contribution in [-0.4, -0.2) is 66.2 Å². The fraction of sp³-hybridized carbons (Fsp3) is 0.342. The highest BCUT2D eigenvalue weighted by Crippen LogP contribution is 2.53. The molecule has 1 amide bonds. The van der Waals surface area contributed by atoms with Crippen molar-refractivity contribution in [3.63, 3.8) is 0 Å². The van der Waals surface area contributed by atoms with Gasteiger partial charge in [0.05, 0.1) is 38.4 Å². The summed E-state index contributed by atoms with van der Waals surface area (Å²) in [5.41, 5.74) is 0.733. The molecule has 2 N–H and O–H groups in total. The van der Waals surface area contributed by atoms with Crippen molar-refractivity contribution < 1.29 is 29.3 Å². The molecule has 5 aromatic heterocycles. The maximum atomic E-state index is 14.0. The first-order valence-corrected chi connectivity index (χ1v) is 17.1. The summed E-state index contributed by atoms with van der Waals surface area (Å²) in [4.78, 5) is 53.6. The SMILES string of the molecule is [2H]C([2H])([2H])n1c(=O)n([C@@H]2CC[C@@]([2H])(NC(=O)OC)C2)c2cc(Nc3ccc4c(-c5cccnc5OC)nn([C@@]5(C(=O)OCc6ccccc6)C[C@@H]5C)c4n3)ncc21. The first-order chi connectivity index (χ1) is 27.3. The van der Waals surface area contributed by atoms with Crippen LogP contribution in [0.1, 0.15) is 49.7 Å². The van der Waals surface area contributed by atoms with Gasteiger partial charge in [0.1, 0.15) is 23.9 Å². The lowest BCUT2D eigenvalue weighted by molar-refractivity contribution is -0.151. The van der Waals surface area contributed by atoms with Crippen LogP contribution in [0.15, 0.2) is 77.9 Å².